The van der Waals surface area contributed by atoms with Gasteiger partial charge < -0.3 is 5.73 Å². The molecule has 3 nitrogen and oxygen atoms in total. The van der Waals surface area contributed by atoms with Crippen molar-refractivity contribution in [2.45, 2.75) is 16.8 Å². The molecule has 0 aliphatic rings. The standard InChI is InChI=1S/C11H9Cl2N3S/c1-6-7(14)2-3-8(10(6)12)17-9-4-5-15-11(13)16-9/h2-5H,14H2,1H3. The molecule has 0 aliphatic carbocycles. The van der Waals surface area contributed by atoms with Crippen molar-refractivity contribution in [2.24, 2.45) is 0 Å². The fourth-order valence-electron chi connectivity index (χ4n) is 1.24. The van der Waals surface area contributed by atoms with Crippen LogP contribution in [0.3, 0.4) is 0 Å². The average Bonchev–Trinajstić information content (AvgIpc) is 2.30. The number of nitrogens with zero attached hydrogens (tertiary/aromatic N) is 2. The Morgan fingerprint density at radius 1 is 1.24 bits per heavy atom. The van der Waals surface area contributed by atoms with Crippen LogP contribution in [0.25, 0.3) is 0 Å². The third-order valence-electron chi connectivity index (χ3n) is 2.21. The van der Waals surface area contributed by atoms with E-state index in [2.05, 4.69) is 9.97 Å². The van der Waals surface area contributed by atoms with Crippen LogP contribution in [-0.4, -0.2) is 9.97 Å². The van der Waals surface area contributed by atoms with E-state index in [9.17, 15) is 0 Å². The second kappa shape index (κ2) is 5.12. The second-order valence-electron chi connectivity index (χ2n) is 3.36. The Morgan fingerprint density at radius 2 is 2.00 bits per heavy atom. The van der Waals surface area contributed by atoms with Gasteiger partial charge in [-0.05, 0) is 42.3 Å². The third kappa shape index (κ3) is 2.83. The van der Waals surface area contributed by atoms with E-state index < -0.39 is 0 Å². The molecule has 2 rings (SSSR count). The highest BCUT2D eigenvalue weighted by molar-refractivity contribution is 7.99. The van der Waals surface area contributed by atoms with Gasteiger partial charge in [-0.1, -0.05) is 23.4 Å². The zero-order chi connectivity index (χ0) is 12.4. The van der Waals surface area contributed by atoms with Gasteiger partial charge in [0.25, 0.3) is 0 Å². The molecule has 1 aromatic carbocycles. The molecule has 17 heavy (non-hydrogen) atoms. The Hall–Kier alpha value is -0.970. The van der Waals surface area contributed by atoms with E-state index in [1.165, 1.54) is 11.8 Å². The molecule has 88 valence electrons. The summed E-state index contributed by atoms with van der Waals surface area (Å²) in [4.78, 5) is 8.81. The van der Waals surface area contributed by atoms with Crippen molar-refractivity contribution in [3.05, 3.63) is 40.3 Å². The minimum Gasteiger partial charge on any atom is -0.398 e. The fourth-order valence-corrected chi connectivity index (χ4v) is 2.59. The van der Waals surface area contributed by atoms with Crippen LogP contribution in [0.5, 0.6) is 0 Å². The predicted molar refractivity (Wildman–Crippen MR) is 71.8 cm³/mol. The Labute approximate surface area is 113 Å². The van der Waals surface area contributed by atoms with Gasteiger partial charge in [0.2, 0.25) is 5.28 Å². The minimum atomic E-state index is 0.221. The number of hydrogen-bond acceptors (Lipinski definition) is 4. The molecule has 0 saturated heterocycles. The number of rotatable bonds is 2. The molecule has 0 atom stereocenters. The summed E-state index contributed by atoms with van der Waals surface area (Å²) in [5.74, 6) is 0. The number of hydrogen-bond donors (Lipinski definition) is 1. The molecule has 0 unspecified atom stereocenters. The van der Waals surface area contributed by atoms with Crippen LogP contribution in [0, 0.1) is 6.92 Å². The summed E-state index contributed by atoms with van der Waals surface area (Å²) in [7, 11) is 0. The zero-order valence-corrected chi connectivity index (χ0v) is 11.3. The van der Waals surface area contributed by atoms with Crippen molar-refractivity contribution >= 4 is 40.7 Å². The van der Waals surface area contributed by atoms with Gasteiger partial charge in [-0.3, -0.25) is 0 Å². The highest BCUT2D eigenvalue weighted by atomic mass is 35.5. The quantitative estimate of drug-likeness (QED) is 0.518. The van der Waals surface area contributed by atoms with Crippen LogP contribution in [0.4, 0.5) is 5.69 Å². The van der Waals surface area contributed by atoms with E-state index in [0.717, 1.165) is 15.5 Å². The topological polar surface area (TPSA) is 51.8 Å². The number of anilines is 1. The smallest absolute Gasteiger partial charge is 0.223 e. The van der Waals surface area contributed by atoms with E-state index in [1.807, 2.05) is 19.1 Å². The van der Waals surface area contributed by atoms with Gasteiger partial charge in [0.1, 0.15) is 5.03 Å². The molecule has 2 aromatic rings. The Balaban J connectivity index is 2.34. The molecular weight excluding hydrogens is 277 g/mol. The number of nitrogens with two attached hydrogens (primary N) is 1. The van der Waals surface area contributed by atoms with Crippen molar-refractivity contribution in [1.82, 2.24) is 9.97 Å². The summed E-state index contributed by atoms with van der Waals surface area (Å²) >= 11 is 13.4. The van der Waals surface area contributed by atoms with Crippen LogP contribution in [0.15, 0.2) is 34.3 Å². The highest BCUT2D eigenvalue weighted by Crippen LogP contribution is 2.36. The highest BCUT2D eigenvalue weighted by Gasteiger charge is 2.08. The first kappa shape index (κ1) is 12.5. The van der Waals surface area contributed by atoms with Gasteiger partial charge in [-0.2, -0.15) is 0 Å². The van der Waals surface area contributed by atoms with Crippen LogP contribution in [0.2, 0.25) is 10.3 Å². The second-order valence-corrected chi connectivity index (χ2v) is 5.14. The molecule has 6 heteroatoms. The first-order valence-corrected chi connectivity index (χ1v) is 6.36. The van der Waals surface area contributed by atoms with Gasteiger partial charge in [0.05, 0.1) is 5.02 Å². The van der Waals surface area contributed by atoms with Crippen LogP contribution >= 0.6 is 35.0 Å². The Kier molecular flexibility index (Phi) is 3.76. The molecular formula is C11H9Cl2N3S. The summed E-state index contributed by atoms with van der Waals surface area (Å²) in [6.45, 7) is 1.88. The van der Waals surface area contributed by atoms with E-state index >= 15 is 0 Å². The lowest BCUT2D eigenvalue weighted by Gasteiger charge is -2.08. The zero-order valence-electron chi connectivity index (χ0n) is 8.95. The number of halogens is 2. The summed E-state index contributed by atoms with van der Waals surface area (Å²) < 4.78 is 0. The first-order valence-electron chi connectivity index (χ1n) is 4.79. The van der Waals surface area contributed by atoms with Crippen LogP contribution in [-0.2, 0) is 0 Å². The maximum Gasteiger partial charge on any atom is 0.223 e. The Morgan fingerprint density at radius 3 is 2.71 bits per heavy atom. The lowest BCUT2D eigenvalue weighted by atomic mass is 10.2. The van der Waals surface area contributed by atoms with E-state index in [4.69, 9.17) is 28.9 Å². The van der Waals surface area contributed by atoms with Gasteiger partial charge >= 0.3 is 0 Å². The lowest BCUT2D eigenvalue weighted by Crippen LogP contribution is -1.91. The molecule has 0 spiro atoms. The number of benzene rings is 1. The molecule has 0 radical (unpaired) electrons. The summed E-state index contributed by atoms with van der Waals surface area (Å²) in [5.41, 5.74) is 7.32. The van der Waals surface area contributed by atoms with Gasteiger partial charge in [0.15, 0.2) is 0 Å². The maximum atomic E-state index is 6.21. The minimum absolute atomic E-state index is 0.221. The number of aromatic nitrogens is 2. The third-order valence-corrected chi connectivity index (χ3v) is 3.99. The van der Waals surface area contributed by atoms with Crippen molar-refractivity contribution in [3.63, 3.8) is 0 Å². The van der Waals surface area contributed by atoms with Crippen molar-refractivity contribution in [3.8, 4) is 0 Å². The van der Waals surface area contributed by atoms with Crippen LogP contribution < -0.4 is 5.73 Å². The molecule has 0 aliphatic heterocycles. The van der Waals surface area contributed by atoms with Crippen molar-refractivity contribution in [2.75, 3.05) is 5.73 Å². The fraction of sp³-hybridized carbons (Fsp3) is 0.0909. The largest absolute Gasteiger partial charge is 0.398 e. The van der Waals surface area contributed by atoms with E-state index in [1.54, 1.807) is 12.3 Å². The lowest BCUT2D eigenvalue weighted by molar-refractivity contribution is 1.05. The molecule has 1 heterocycles. The van der Waals surface area contributed by atoms with Gasteiger partial charge in [-0.15, -0.1) is 0 Å². The molecule has 2 N–H and O–H groups in total. The monoisotopic (exact) mass is 285 g/mol. The molecule has 0 bridgehead atoms. The van der Waals surface area contributed by atoms with Gasteiger partial charge in [0, 0.05) is 16.8 Å². The normalized spacial score (nSPS) is 10.5. The maximum absolute atomic E-state index is 6.21. The van der Waals surface area contributed by atoms with Crippen molar-refractivity contribution in [1.29, 1.82) is 0 Å². The van der Waals surface area contributed by atoms with E-state index in [0.29, 0.717) is 10.7 Å². The first-order chi connectivity index (χ1) is 8.08. The predicted octanol–water partition coefficient (Wildman–Crippen LogP) is 3.83. The summed E-state index contributed by atoms with van der Waals surface area (Å²) in [5, 5.41) is 1.61. The summed E-state index contributed by atoms with van der Waals surface area (Å²) in [6, 6.07) is 5.47. The molecule has 0 fully saturated rings. The van der Waals surface area contributed by atoms with E-state index in [-0.39, 0.29) is 5.28 Å². The molecule has 0 saturated carbocycles. The molecule has 0 amide bonds. The molecule has 1 aromatic heterocycles. The van der Waals surface area contributed by atoms with Gasteiger partial charge in [-0.25, -0.2) is 9.97 Å². The average molecular weight is 286 g/mol. The van der Waals surface area contributed by atoms with Crippen LogP contribution in [0.1, 0.15) is 5.56 Å². The SMILES string of the molecule is Cc1c(N)ccc(Sc2ccnc(Cl)n2)c1Cl. The Bertz CT molecular complexity index is 560. The number of nitrogen functional groups attached to an aromatic ring is 1. The summed E-state index contributed by atoms with van der Waals surface area (Å²) in [6.07, 6.45) is 1.61. The van der Waals surface area contributed by atoms with Crippen molar-refractivity contribution < 1.29 is 0 Å².